The van der Waals surface area contributed by atoms with E-state index in [9.17, 15) is 9.59 Å². The minimum Gasteiger partial charge on any atom is -0.352 e. The molecule has 0 radical (unpaired) electrons. The van der Waals surface area contributed by atoms with Crippen LogP contribution in [0.5, 0.6) is 0 Å². The second kappa shape index (κ2) is 8.35. The first-order chi connectivity index (χ1) is 11.2. The molecule has 0 heterocycles. The number of benzene rings is 2. The lowest BCUT2D eigenvalue weighted by Gasteiger charge is -2.07. The fourth-order valence-electron chi connectivity index (χ4n) is 2.00. The number of nitrogens with one attached hydrogen (secondary N) is 2. The van der Waals surface area contributed by atoms with E-state index in [4.69, 9.17) is 5.26 Å². The Morgan fingerprint density at radius 3 is 2.35 bits per heavy atom. The Bertz CT molecular complexity index is 703. The predicted molar refractivity (Wildman–Crippen MR) is 87.8 cm³/mol. The summed E-state index contributed by atoms with van der Waals surface area (Å²) in [5.74, 6) is -0.370. The lowest BCUT2D eigenvalue weighted by Crippen LogP contribution is -2.27. The van der Waals surface area contributed by atoms with Crippen LogP contribution in [-0.2, 0) is 11.2 Å². The van der Waals surface area contributed by atoms with Gasteiger partial charge in [-0.15, -0.1) is 0 Å². The van der Waals surface area contributed by atoms with Crippen LogP contribution in [0.3, 0.4) is 0 Å². The Labute approximate surface area is 134 Å². The predicted octanol–water partition coefficient (Wildman–Crippen LogP) is 2.51. The average molecular weight is 307 g/mol. The van der Waals surface area contributed by atoms with Gasteiger partial charge in [0.15, 0.2) is 0 Å². The Hall–Kier alpha value is -3.13. The zero-order valence-electron chi connectivity index (χ0n) is 12.6. The minimum absolute atomic E-state index is 0.175. The zero-order chi connectivity index (χ0) is 16.5. The van der Waals surface area contributed by atoms with E-state index >= 15 is 0 Å². The van der Waals surface area contributed by atoms with Crippen LogP contribution >= 0.6 is 0 Å². The highest BCUT2D eigenvalue weighted by atomic mass is 16.2. The molecule has 0 atom stereocenters. The van der Waals surface area contributed by atoms with Crippen LogP contribution < -0.4 is 10.6 Å². The van der Waals surface area contributed by atoms with Gasteiger partial charge in [-0.25, -0.2) is 0 Å². The van der Waals surface area contributed by atoms with Gasteiger partial charge in [-0.05, 0) is 29.8 Å². The summed E-state index contributed by atoms with van der Waals surface area (Å²) in [6, 6.07) is 18.0. The number of rotatable bonds is 6. The SMILES string of the molecule is N#CCc1ccc(NC(=O)CCNC(=O)c2ccccc2)cc1. The van der Waals surface area contributed by atoms with Crippen molar-refractivity contribution >= 4 is 17.5 Å². The third-order valence-electron chi connectivity index (χ3n) is 3.19. The second-order valence-electron chi connectivity index (χ2n) is 4.95. The molecule has 116 valence electrons. The summed E-state index contributed by atoms with van der Waals surface area (Å²) < 4.78 is 0. The largest absolute Gasteiger partial charge is 0.352 e. The molecule has 5 nitrogen and oxygen atoms in total. The maximum Gasteiger partial charge on any atom is 0.251 e. The monoisotopic (exact) mass is 307 g/mol. The van der Waals surface area contributed by atoms with E-state index < -0.39 is 0 Å². The lowest BCUT2D eigenvalue weighted by molar-refractivity contribution is -0.116. The third kappa shape index (κ3) is 5.29. The molecule has 2 rings (SSSR count). The van der Waals surface area contributed by atoms with E-state index in [0.717, 1.165) is 5.56 Å². The van der Waals surface area contributed by atoms with E-state index in [-0.39, 0.29) is 24.8 Å². The van der Waals surface area contributed by atoms with Gasteiger partial charge in [0, 0.05) is 24.2 Å². The van der Waals surface area contributed by atoms with E-state index in [1.807, 2.05) is 6.07 Å². The standard InChI is InChI=1S/C18H17N3O2/c19-12-10-14-6-8-16(9-7-14)21-17(22)11-13-20-18(23)15-4-2-1-3-5-15/h1-9H,10-11,13H2,(H,20,23)(H,21,22). The van der Waals surface area contributed by atoms with Gasteiger partial charge >= 0.3 is 0 Å². The molecule has 0 aliphatic heterocycles. The van der Waals surface area contributed by atoms with Gasteiger partial charge in [0.1, 0.15) is 0 Å². The van der Waals surface area contributed by atoms with Gasteiger partial charge in [0.25, 0.3) is 5.91 Å². The number of nitriles is 1. The molecule has 2 aromatic rings. The van der Waals surface area contributed by atoms with Gasteiger partial charge in [-0.1, -0.05) is 30.3 Å². The van der Waals surface area contributed by atoms with E-state index in [1.54, 1.807) is 48.5 Å². The minimum atomic E-state index is -0.195. The molecule has 0 aromatic heterocycles. The molecule has 0 spiro atoms. The van der Waals surface area contributed by atoms with Gasteiger partial charge < -0.3 is 10.6 Å². The molecule has 0 aliphatic carbocycles. The summed E-state index contributed by atoms with van der Waals surface area (Å²) in [7, 11) is 0. The van der Waals surface area contributed by atoms with Gasteiger partial charge in [-0.2, -0.15) is 5.26 Å². The topological polar surface area (TPSA) is 82.0 Å². The van der Waals surface area contributed by atoms with Crippen molar-refractivity contribution in [3.05, 3.63) is 65.7 Å². The molecule has 0 bridgehead atoms. The van der Waals surface area contributed by atoms with Crippen LogP contribution in [0.2, 0.25) is 0 Å². The molecule has 0 saturated carbocycles. The number of hydrogen-bond acceptors (Lipinski definition) is 3. The first-order valence-electron chi connectivity index (χ1n) is 7.28. The maximum atomic E-state index is 11.8. The van der Waals surface area contributed by atoms with Gasteiger partial charge in [0.2, 0.25) is 5.91 Å². The third-order valence-corrected chi connectivity index (χ3v) is 3.19. The highest BCUT2D eigenvalue weighted by molar-refractivity contribution is 5.95. The van der Waals surface area contributed by atoms with Crippen molar-refractivity contribution in [3.63, 3.8) is 0 Å². The molecule has 0 aliphatic rings. The van der Waals surface area contributed by atoms with Crippen LogP contribution in [0.15, 0.2) is 54.6 Å². The molecule has 0 unspecified atom stereocenters. The summed E-state index contributed by atoms with van der Waals surface area (Å²) in [5.41, 5.74) is 2.15. The quantitative estimate of drug-likeness (QED) is 0.860. The molecule has 2 aromatic carbocycles. The van der Waals surface area contributed by atoms with Gasteiger partial charge in [-0.3, -0.25) is 9.59 Å². The molecular weight excluding hydrogens is 290 g/mol. The average Bonchev–Trinajstić information content (AvgIpc) is 2.57. The Morgan fingerprint density at radius 2 is 1.70 bits per heavy atom. The molecule has 2 amide bonds. The summed E-state index contributed by atoms with van der Waals surface area (Å²) >= 11 is 0. The first kappa shape index (κ1) is 16.2. The van der Waals surface area contributed by atoms with Crippen LogP contribution in [0.25, 0.3) is 0 Å². The number of hydrogen-bond donors (Lipinski definition) is 2. The number of amides is 2. The lowest BCUT2D eigenvalue weighted by atomic mass is 10.1. The van der Waals surface area contributed by atoms with Crippen molar-refractivity contribution in [2.75, 3.05) is 11.9 Å². The van der Waals surface area contributed by atoms with Crippen LogP contribution in [0, 0.1) is 11.3 Å². The number of nitrogens with zero attached hydrogens (tertiary/aromatic N) is 1. The summed E-state index contributed by atoms with van der Waals surface area (Å²) in [6.45, 7) is 0.270. The fourth-order valence-corrected chi connectivity index (χ4v) is 2.00. The zero-order valence-corrected chi connectivity index (χ0v) is 12.6. The van der Waals surface area contributed by atoms with Crippen LogP contribution in [0.4, 0.5) is 5.69 Å². The molecule has 5 heteroatoms. The smallest absolute Gasteiger partial charge is 0.251 e. The second-order valence-corrected chi connectivity index (χ2v) is 4.95. The van der Waals surface area contributed by atoms with Crippen molar-refractivity contribution in [2.45, 2.75) is 12.8 Å². The van der Waals surface area contributed by atoms with Crippen LogP contribution in [0.1, 0.15) is 22.3 Å². The van der Waals surface area contributed by atoms with Crippen molar-refractivity contribution < 1.29 is 9.59 Å². The van der Waals surface area contributed by atoms with Crippen LogP contribution in [-0.4, -0.2) is 18.4 Å². The number of carbonyl (C=O) groups is 2. The fraction of sp³-hybridized carbons (Fsp3) is 0.167. The van der Waals surface area contributed by atoms with E-state index in [0.29, 0.717) is 17.7 Å². The number of carbonyl (C=O) groups excluding carboxylic acids is 2. The van der Waals surface area contributed by atoms with Crippen molar-refractivity contribution in [2.24, 2.45) is 0 Å². The molecular formula is C18H17N3O2. The van der Waals surface area contributed by atoms with E-state index in [1.165, 1.54) is 0 Å². The summed E-state index contributed by atoms with van der Waals surface area (Å²) in [5, 5.41) is 14.1. The molecule has 2 N–H and O–H groups in total. The summed E-state index contributed by atoms with van der Waals surface area (Å²) in [6.07, 6.45) is 0.540. The van der Waals surface area contributed by atoms with E-state index in [2.05, 4.69) is 16.7 Å². The van der Waals surface area contributed by atoms with Crippen molar-refractivity contribution in [3.8, 4) is 6.07 Å². The summed E-state index contributed by atoms with van der Waals surface area (Å²) in [4.78, 5) is 23.6. The first-order valence-corrected chi connectivity index (χ1v) is 7.28. The Morgan fingerprint density at radius 1 is 1.00 bits per heavy atom. The van der Waals surface area contributed by atoms with Gasteiger partial charge in [0.05, 0.1) is 12.5 Å². The highest BCUT2D eigenvalue weighted by Crippen LogP contribution is 2.10. The molecule has 23 heavy (non-hydrogen) atoms. The maximum absolute atomic E-state index is 11.8. The molecule has 0 fully saturated rings. The molecule has 0 saturated heterocycles. The highest BCUT2D eigenvalue weighted by Gasteiger charge is 2.06. The number of anilines is 1. The Kier molecular flexibility index (Phi) is 5.89. The normalized spacial score (nSPS) is 9.70. The van der Waals surface area contributed by atoms with Crippen molar-refractivity contribution in [1.82, 2.24) is 5.32 Å². The Balaban J connectivity index is 1.75. The van der Waals surface area contributed by atoms with Crippen molar-refractivity contribution in [1.29, 1.82) is 5.26 Å².